The number of amides is 1. The number of benzene rings is 3. The molecule has 2 fully saturated rings. The Morgan fingerprint density at radius 3 is 2.52 bits per heavy atom. The van der Waals surface area contributed by atoms with E-state index in [0.717, 1.165) is 17.5 Å². The van der Waals surface area contributed by atoms with Crippen molar-refractivity contribution in [2.45, 2.75) is 62.7 Å². The average molecular weight is 683 g/mol. The van der Waals surface area contributed by atoms with E-state index in [1.165, 1.54) is 16.4 Å². The molecule has 258 valence electrons. The lowest BCUT2D eigenvalue weighted by molar-refractivity contribution is -0.0907. The van der Waals surface area contributed by atoms with Gasteiger partial charge in [-0.25, -0.2) is 13.2 Å². The summed E-state index contributed by atoms with van der Waals surface area (Å²) in [6.45, 7) is 4.83. The number of nitrogens with zero attached hydrogens (tertiary/aromatic N) is 1. The number of carbonyl (C=O) groups excluding carboxylic acids is 1. The molecule has 1 amide bonds. The summed E-state index contributed by atoms with van der Waals surface area (Å²) in [6.07, 6.45) is -1.98. The monoisotopic (exact) mass is 682 g/mol. The van der Waals surface area contributed by atoms with E-state index in [4.69, 9.17) is 28.4 Å². The number of carbonyl (C=O) groups is 1. The molecule has 3 aromatic rings. The summed E-state index contributed by atoms with van der Waals surface area (Å²) in [5.74, 6) is 1.36. The fourth-order valence-corrected chi connectivity index (χ4v) is 7.71. The van der Waals surface area contributed by atoms with E-state index in [2.05, 4.69) is 5.32 Å². The molecular weight excluding hydrogens is 640 g/mol. The van der Waals surface area contributed by atoms with Gasteiger partial charge in [-0.05, 0) is 54.2 Å². The van der Waals surface area contributed by atoms with Crippen LogP contribution < -0.4 is 19.5 Å². The Balaban J connectivity index is 1.18. The van der Waals surface area contributed by atoms with Gasteiger partial charge in [0.25, 0.3) is 0 Å². The minimum absolute atomic E-state index is 0.0121. The normalized spacial score (nSPS) is 21.2. The first-order valence-electron chi connectivity index (χ1n) is 16.2. The molecule has 3 heterocycles. The Kier molecular flexibility index (Phi) is 10.7. The van der Waals surface area contributed by atoms with Gasteiger partial charge in [-0.1, -0.05) is 56.3 Å². The van der Waals surface area contributed by atoms with Crippen LogP contribution >= 0.6 is 0 Å². The zero-order chi connectivity index (χ0) is 33.7. The van der Waals surface area contributed by atoms with Gasteiger partial charge in [0.1, 0.15) is 18.5 Å². The second-order valence-corrected chi connectivity index (χ2v) is 14.6. The highest BCUT2D eigenvalue weighted by Gasteiger charge is 2.44. The molecule has 6 rings (SSSR count). The molecule has 0 saturated carbocycles. The van der Waals surface area contributed by atoms with Gasteiger partial charge in [0.15, 0.2) is 17.8 Å². The number of aliphatic hydroxyl groups is 1. The Labute approximate surface area is 280 Å². The van der Waals surface area contributed by atoms with Crippen molar-refractivity contribution >= 4 is 16.1 Å². The van der Waals surface area contributed by atoms with Crippen molar-refractivity contribution in [3.8, 4) is 17.2 Å². The van der Waals surface area contributed by atoms with E-state index in [-0.39, 0.29) is 49.6 Å². The molecule has 5 atom stereocenters. The molecule has 13 heteroatoms. The summed E-state index contributed by atoms with van der Waals surface area (Å²) in [5.41, 5.74) is 1.84. The van der Waals surface area contributed by atoms with Gasteiger partial charge in [-0.2, -0.15) is 4.31 Å². The predicted octanol–water partition coefficient (Wildman–Crippen LogP) is 4.10. The van der Waals surface area contributed by atoms with Crippen LogP contribution in [0.1, 0.15) is 31.4 Å². The van der Waals surface area contributed by atoms with Crippen molar-refractivity contribution in [1.82, 2.24) is 9.62 Å². The number of sulfonamides is 1. The molecular formula is C35H42N2O10S. The minimum atomic E-state index is -4.06. The van der Waals surface area contributed by atoms with Crippen molar-refractivity contribution in [2.75, 3.05) is 33.1 Å². The van der Waals surface area contributed by atoms with Gasteiger partial charge in [0.2, 0.25) is 16.8 Å². The van der Waals surface area contributed by atoms with Crippen molar-refractivity contribution in [3.05, 3.63) is 83.9 Å². The Bertz CT molecular complexity index is 1640. The van der Waals surface area contributed by atoms with Crippen molar-refractivity contribution in [1.29, 1.82) is 0 Å². The van der Waals surface area contributed by atoms with Gasteiger partial charge < -0.3 is 38.8 Å². The highest BCUT2D eigenvalue weighted by molar-refractivity contribution is 7.89. The van der Waals surface area contributed by atoms with Crippen LogP contribution in [0.2, 0.25) is 0 Å². The third kappa shape index (κ3) is 8.21. The van der Waals surface area contributed by atoms with Crippen LogP contribution in [-0.2, 0) is 37.3 Å². The molecule has 0 aromatic heterocycles. The zero-order valence-corrected chi connectivity index (χ0v) is 27.8. The number of hydrogen-bond donors (Lipinski definition) is 2. The number of hydrogen-bond acceptors (Lipinski definition) is 10. The molecule has 3 aliphatic rings. The standard InChI is InChI=1S/C35H42N2O10S/c1-23(2)18-37(48(40,41)27-12-13-31-32(17-27)46-22-45-31)19-30(38)29(36-35(39)47-33-21-44-34-28(33)14-15-42-34)16-24-8-10-26(11-9-24)43-20-25-6-4-3-5-7-25/h3-13,17,23,28-30,33-34,38H,14-16,18-22H2,1-2H3,(H,36,39)/t28?,29-,30+,33-,34?/m0/s1. The SMILES string of the molecule is CC(C)CN(C[C@@H](O)[C@H](Cc1ccc(OCc2ccccc2)cc1)NC(=O)O[C@H]1COC2OCCC21)S(=O)(=O)c1ccc2c(c1)OCO2. The topological polar surface area (TPSA) is 142 Å². The van der Waals surface area contributed by atoms with Gasteiger partial charge in [-0.3, -0.25) is 0 Å². The lowest BCUT2D eigenvalue weighted by Crippen LogP contribution is -2.51. The van der Waals surface area contributed by atoms with Gasteiger partial charge in [0.05, 0.1) is 36.2 Å². The molecule has 2 saturated heterocycles. The van der Waals surface area contributed by atoms with Crippen LogP contribution in [0.4, 0.5) is 4.79 Å². The number of rotatable bonds is 14. The summed E-state index contributed by atoms with van der Waals surface area (Å²) in [4.78, 5) is 13.3. The summed E-state index contributed by atoms with van der Waals surface area (Å²) in [7, 11) is -4.06. The van der Waals surface area contributed by atoms with Gasteiger partial charge in [0, 0.05) is 19.2 Å². The van der Waals surface area contributed by atoms with Crippen LogP contribution in [0.25, 0.3) is 0 Å². The van der Waals surface area contributed by atoms with Crippen LogP contribution in [-0.4, -0.2) is 81.6 Å². The van der Waals surface area contributed by atoms with E-state index in [9.17, 15) is 18.3 Å². The third-order valence-corrected chi connectivity index (χ3v) is 10.4. The maximum atomic E-state index is 13.9. The number of alkyl carbamates (subject to hydrolysis) is 1. The molecule has 2 unspecified atom stereocenters. The quantitative estimate of drug-likeness (QED) is 0.255. The van der Waals surface area contributed by atoms with E-state index in [1.54, 1.807) is 6.07 Å². The molecule has 0 aliphatic carbocycles. The van der Waals surface area contributed by atoms with E-state index in [0.29, 0.717) is 30.5 Å². The maximum Gasteiger partial charge on any atom is 0.407 e. The first kappa shape index (κ1) is 34.0. The second kappa shape index (κ2) is 15.1. The average Bonchev–Trinajstić information content (AvgIpc) is 3.83. The molecule has 48 heavy (non-hydrogen) atoms. The summed E-state index contributed by atoms with van der Waals surface area (Å²) >= 11 is 0. The fourth-order valence-electron chi connectivity index (χ4n) is 6.07. The summed E-state index contributed by atoms with van der Waals surface area (Å²) < 4.78 is 62.6. The molecule has 12 nitrogen and oxygen atoms in total. The lowest BCUT2D eigenvalue weighted by Gasteiger charge is -2.31. The number of fused-ring (bicyclic) bond motifs is 2. The minimum Gasteiger partial charge on any atom is -0.489 e. The third-order valence-electron chi connectivity index (χ3n) is 8.58. The summed E-state index contributed by atoms with van der Waals surface area (Å²) in [6, 6.07) is 20.7. The second-order valence-electron chi connectivity index (χ2n) is 12.6. The van der Waals surface area contributed by atoms with E-state index < -0.39 is 40.7 Å². The highest BCUT2D eigenvalue weighted by atomic mass is 32.2. The lowest BCUT2D eigenvalue weighted by atomic mass is 10.0. The number of nitrogens with one attached hydrogen (secondary N) is 1. The molecule has 0 bridgehead atoms. The molecule has 0 radical (unpaired) electrons. The first-order valence-corrected chi connectivity index (χ1v) is 17.6. The summed E-state index contributed by atoms with van der Waals surface area (Å²) in [5, 5.41) is 14.5. The molecule has 3 aliphatic heterocycles. The largest absolute Gasteiger partial charge is 0.489 e. The maximum absolute atomic E-state index is 13.9. The van der Waals surface area contributed by atoms with Crippen LogP contribution in [0.5, 0.6) is 17.2 Å². The number of ether oxygens (including phenoxy) is 6. The fraction of sp³-hybridized carbons (Fsp3) is 0.457. The van der Waals surface area contributed by atoms with Crippen molar-refractivity contribution in [3.63, 3.8) is 0 Å². The van der Waals surface area contributed by atoms with Crippen LogP contribution in [0, 0.1) is 11.8 Å². The molecule has 2 N–H and O–H groups in total. The van der Waals surface area contributed by atoms with Gasteiger partial charge in [-0.15, -0.1) is 0 Å². The van der Waals surface area contributed by atoms with Crippen molar-refractivity contribution in [2.24, 2.45) is 11.8 Å². The molecule has 0 spiro atoms. The van der Waals surface area contributed by atoms with E-state index in [1.807, 2.05) is 68.4 Å². The van der Waals surface area contributed by atoms with Crippen LogP contribution in [0.3, 0.4) is 0 Å². The predicted molar refractivity (Wildman–Crippen MR) is 174 cm³/mol. The Morgan fingerprint density at radius 1 is 0.979 bits per heavy atom. The smallest absolute Gasteiger partial charge is 0.407 e. The van der Waals surface area contributed by atoms with Crippen LogP contribution in [0.15, 0.2) is 77.7 Å². The Morgan fingerprint density at radius 2 is 1.75 bits per heavy atom. The number of aliphatic hydroxyl groups excluding tert-OH is 1. The first-order chi connectivity index (χ1) is 23.2. The Hall–Kier alpha value is -3.88. The van der Waals surface area contributed by atoms with E-state index >= 15 is 0 Å². The molecule has 3 aromatic carbocycles. The van der Waals surface area contributed by atoms with Gasteiger partial charge >= 0.3 is 6.09 Å². The zero-order valence-electron chi connectivity index (χ0n) is 27.0. The highest BCUT2D eigenvalue weighted by Crippen LogP contribution is 2.35. The van der Waals surface area contributed by atoms with Crippen molar-refractivity contribution < 1.29 is 46.7 Å².